The molecule has 9 heteroatoms. The summed E-state index contributed by atoms with van der Waals surface area (Å²) >= 11 is 6.98. The zero-order valence-corrected chi connectivity index (χ0v) is 24.6. The molecule has 1 aromatic heterocycles. The van der Waals surface area contributed by atoms with Crippen molar-refractivity contribution in [2.45, 2.75) is 59.4 Å². The number of nitrogens with zero attached hydrogens (tertiary/aromatic N) is 6. The normalized spacial score (nSPS) is 20.3. The van der Waals surface area contributed by atoms with Crippen molar-refractivity contribution in [1.82, 2.24) is 14.8 Å². The topological polar surface area (TPSA) is 72.4 Å². The molecule has 2 unspecified atom stereocenters. The Bertz CT molecular complexity index is 1200. The number of rotatable bonds is 8. The number of benzene rings is 1. The second kappa shape index (κ2) is 12.8. The molecular formula is C30H41ClN6O2. The summed E-state index contributed by atoms with van der Waals surface area (Å²) < 4.78 is 0. The van der Waals surface area contributed by atoms with Crippen molar-refractivity contribution in [1.29, 1.82) is 0 Å². The number of carbonyl (C=O) groups is 2. The maximum Gasteiger partial charge on any atom is 0.219 e. The first-order valence-electron chi connectivity index (χ1n) is 14.1. The summed E-state index contributed by atoms with van der Waals surface area (Å²) in [6.07, 6.45) is 5.60. The van der Waals surface area contributed by atoms with Crippen LogP contribution in [0, 0.1) is 5.92 Å². The number of hydrogen-bond acceptors (Lipinski definition) is 5. The molecule has 8 nitrogen and oxygen atoms in total. The van der Waals surface area contributed by atoms with Crippen molar-refractivity contribution in [3.05, 3.63) is 46.0 Å². The van der Waals surface area contributed by atoms with E-state index in [1.807, 2.05) is 12.1 Å². The first-order valence-corrected chi connectivity index (χ1v) is 14.5. The van der Waals surface area contributed by atoms with Gasteiger partial charge in [0.1, 0.15) is 11.7 Å². The Hall–Kier alpha value is -3.13. The number of para-hydroxylation sites is 1. The number of carbonyl (C=O) groups excluding carboxylic acids is 2. The van der Waals surface area contributed by atoms with Crippen molar-refractivity contribution in [3.63, 3.8) is 0 Å². The molecule has 3 heterocycles. The van der Waals surface area contributed by atoms with Gasteiger partial charge in [-0.1, -0.05) is 50.6 Å². The van der Waals surface area contributed by atoms with Crippen molar-refractivity contribution in [2.24, 2.45) is 10.9 Å². The van der Waals surface area contributed by atoms with Crippen LogP contribution < -0.4 is 9.80 Å². The molecule has 0 radical (unpaired) electrons. The highest BCUT2D eigenvalue weighted by Crippen LogP contribution is 2.38. The SMILES string of the molecule is CCc1cccc(CC)c1N(C=O)c1nc(N2CCCC(C)C2)c(Cl)cc1/C(=N\C)N1CCN(C=O)CC1C. The molecule has 0 spiro atoms. The molecular weight excluding hydrogens is 512 g/mol. The molecule has 0 aliphatic carbocycles. The average Bonchev–Trinajstić information content (AvgIpc) is 2.95. The smallest absolute Gasteiger partial charge is 0.219 e. The van der Waals surface area contributed by atoms with Gasteiger partial charge < -0.3 is 14.7 Å². The number of amidine groups is 1. The molecule has 0 bridgehead atoms. The maximum atomic E-state index is 13.0. The van der Waals surface area contributed by atoms with Crippen LogP contribution in [0.4, 0.5) is 17.3 Å². The summed E-state index contributed by atoms with van der Waals surface area (Å²) in [5, 5.41) is 0.550. The molecule has 0 saturated carbocycles. The molecule has 0 N–H and O–H groups in total. The number of aromatic nitrogens is 1. The maximum absolute atomic E-state index is 13.0. The van der Waals surface area contributed by atoms with E-state index < -0.39 is 0 Å². The quantitative estimate of drug-likeness (QED) is 0.264. The van der Waals surface area contributed by atoms with Gasteiger partial charge in [0.2, 0.25) is 12.8 Å². The Morgan fingerprint density at radius 3 is 2.41 bits per heavy atom. The fraction of sp³-hybridized carbons (Fsp3) is 0.533. The molecule has 2 saturated heterocycles. The van der Waals surface area contributed by atoms with Gasteiger partial charge in [0.05, 0.1) is 16.3 Å². The minimum absolute atomic E-state index is 0.0377. The molecule has 2 atom stereocenters. The third-order valence-corrected chi connectivity index (χ3v) is 8.24. The van der Waals surface area contributed by atoms with Crippen LogP contribution in [0.5, 0.6) is 0 Å². The standard InChI is InChI=1S/C30H41ClN6O2/c1-6-23-11-8-12-24(7-2)27(23)37(20-39)29-25(28(32-5)36-15-14-34(19-38)18-22(36)4)16-26(31)30(33-29)35-13-9-10-21(3)17-35/h8,11-12,16,19-22H,6-7,9-10,13-15,17-18H2,1-5H3/b32-28+. The van der Waals surface area contributed by atoms with Gasteiger partial charge in [-0.15, -0.1) is 0 Å². The Labute approximate surface area is 237 Å². The number of aliphatic imine (C=N–C) groups is 1. The van der Waals surface area contributed by atoms with Gasteiger partial charge in [-0.05, 0) is 55.7 Å². The van der Waals surface area contributed by atoms with Crippen molar-refractivity contribution in [2.75, 3.05) is 49.6 Å². The van der Waals surface area contributed by atoms with E-state index in [4.69, 9.17) is 21.6 Å². The number of piperazine rings is 1. The van der Waals surface area contributed by atoms with Gasteiger partial charge in [0.15, 0.2) is 5.82 Å². The van der Waals surface area contributed by atoms with E-state index in [1.54, 1.807) is 16.8 Å². The number of pyridine rings is 1. The summed E-state index contributed by atoms with van der Waals surface area (Å²) in [6.45, 7) is 12.1. The van der Waals surface area contributed by atoms with Crippen LogP contribution in [0.1, 0.15) is 57.2 Å². The number of amides is 2. The largest absolute Gasteiger partial charge is 0.355 e. The zero-order chi connectivity index (χ0) is 28.1. The van der Waals surface area contributed by atoms with Crippen LogP contribution in [0.25, 0.3) is 0 Å². The van der Waals surface area contributed by atoms with E-state index in [1.165, 1.54) is 6.42 Å². The first-order chi connectivity index (χ1) is 18.9. The van der Waals surface area contributed by atoms with Crippen molar-refractivity contribution in [3.8, 4) is 0 Å². The third kappa shape index (κ3) is 5.91. The molecule has 210 valence electrons. The molecule has 2 aromatic rings. The van der Waals surface area contributed by atoms with Gasteiger partial charge in [-0.25, -0.2) is 4.98 Å². The predicted molar refractivity (Wildman–Crippen MR) is 160 cm³/mol. The molecule has 2 amide bonds. The van der Waals surface area contributed by atoms with Gasteiger partial charge in [0, 0.05) is 45.8 Å². The Balaban J connectivity index is 1.92. The summed E-state index contributed by atoms with van der Waals surface area (Å²) in [4.78, 5) is 42.2. The van der Waals surface area contributed by atoms with E-state index in [9.17, 15) is 9.59 Å². The first kappa shape index (κ1) is 28.9. The highest BCUT2D eigenvalue weighted by atomic mass is 35.5. The van der Waals surface area contributed by atoms with E-state index in [0.29, 0.717) is 47.8 Å². The molecule has 2 aliphatic heterocycles. The van der Waals surface area contributed by atoms with Crippen LogP contribution in [0.2, 0.25) is 5.02 Å². The molecule has 1 aromatic carbocycles. The van der Waals surface area contributed by atoms with Crippen LogP contribution in [-0.2, 0) is 22.4 Å². The number of aryl methyl sites for hydroxylation is 2. The molecule has 39 heavy (non-hydrogen) atoms. The number of hydrogen-bond donors (Lipinski definition) is 0. The second-order valence-electron chi connectivity index (χ2n) is 10.7. The van der Waals surface area contributed by atoms with Crippen molar-refractivity contribution < 1.29 is 9.59 Å². The summed E-state index contributed by atoms with van der Waals surface area (Å²) in [5.41, 5.74) is 3.75. The Morgan fingerprint density at radius 1 is 1.13 bits per heavy atom. The number of piperidine rings is 1. The number of halogens is 1. The number of anilines is 3. The lowest BCUT2D eigenvalue weighted by Crippen LogP contribution is -2.54. The summed E-state index contributed by atoms with van der Waals surface area (Å²) in [7, 11) is 1.76. The van der Waals surface area contributed by atoms with E-state index >= 15 is 0 Å². The lowest BCUT2D eigenvalue weighted by atomic mass is 10.00. The van der Waals surface area contributed by atoms with Gasteiger partial charge >= 0.3 is 0 Å². The van der Waals surface area contributed by atoms with Gasteiger partial charge in [-0.2, -0.15) is 0 Å². The zero-order valence-electron chi connectivity index (χ0n) is 23.9. The van der Waals surface area contributed by atoms with Crippen LogP contribution >= 0.6 is 11.6 Å². The average molecular weight is 553 g/mol. The minimum Gasteiger partial charge on any atom is -0.355 e. The highest BCUT2D eigenvalue weighted by Gasteiger charge is 2.32. The van der Waals surface area contributed by atoms with E-state index in [-0.39, 0.29) is 6.04 Å². The monoisotopic (exact) mass is 552 g/mol. The highest BCUT2D eigenvalue weighted by molar-refractivity contribution is 6.33. The summed E-state index contributed by atoms with van der Waals surface area (Å²) in [6, 6.07) is 8.16. The van der Waals surface area contributed by atoms with Crippen LogP contribution in [-0.4, -0.2) is 79.3 Å². The van der Waals surface area contributed by atoms with Crippen molar-refractivity contribution >= 4 is 47.6 Å². The fourth-order valence-electron chi connectivity index (χ4n) is 5.95. The third-order valence-electron chi connectivity index (χ3n) is 7.97. The van der Waals surface area contributed by atoms with Gasteiger partial charge in [0.25, 0.3) is 0 Å². The Kier molecular flexibility index (Phi) is 9.49. The lowest BCUT2D eigenvalue weighted by molar-refractivity contribution is -0.120. The van der Waals surface area contributed by atoms with Crippen LogP contribution in [0.15, 0.2) is 29.3 Å². The lowest BCUT2D eigenvalue weighted by Gasteiger charge is -2.41. The summed E-state index contributed by atoms with van der Waals surface area (Å²) in [5.74, 6) is 2.49. The Morgan fingerprint density at radius 2 is 1.85 bits per heavy atom. The minimum atomic E-state index is 0.0377. The van der Waals surface area contributed by atoms with Crippen LogP contribution in [0.3, 0.4) is 0 Å². The fourth-order valence-corrected chi connectivity index (χ4v) is 6.23. The second-order valence-corrected chi connectivity index (χ2v) is 11.1. The van der Waals surface area contributed by atoms with E-state index in [0.717, 1.165) is 67.8 Å². The van der Waals surface area contributed by atoms with Gasteiger partial charge in [-0.3, -0.25) is 19.5 Å². The molecule has 4 rings (SSSR count). The predicted octanol–water partition coefficient (Wildman–Crippen LogP) is 4.93. The van der Waals surface area contributed by atoms with E-state index in [2.05, 4.69) is 49.6 Å². The molecule has 2 aliphatic rings. The molecule has 2 fully saturated rings.